The van der Waals surface area contributed by atoms with Crippen LogP contribution in [0.2, 0.25) is 0 Å². The predicted octanol–water partition coefficient (Wildman–Crippen LogP) is 3.96. The number of halogens is 5. The summed E-state index contributed by atoms with van der Waals surface area (Å²) in [6.45, 7) is 0. The van der Waals surface area contributed by atoms with E-state index < -0.39 is 59.3 Å². The molecule has 216 valence electrons. The van der Waals surface area contributed by atoms with Crippen molar-refractivity contribution < 1.29 is 35.2 Å². The van der Waals surface area contributed by atoms with Gasteiger partial charge in [0.05, 0.1) is 11.8 Å². The van der Waals surface area contributed by atoms with Crippen LogP contribution in [0.1, 0.15) is 48.2 Å². The number of rotatable bonds is 11. The van der Waals surface area contributed by atoms with Gasteiger partial charge in [-0.1, -0.05) is 11.9 Å². The number of carbonyl (C=O) groups is 1. The van der Waals surface area contributed by atoms with E-state index in [0.29, 0.717) is 36.5 Å². The number of carbonyl (C=O) groups excluding carboxylic acids is 1. The molecule has 3 aliphatic carbocycles. The fourth-order valence-electron chi connectivity index (χ4n) is 4.72. The minimum atomic E-state index is -4.26. The Bertz CT molecular complexity index is 1340. The van der Waals surface area contributed by atoms with Gasteiger partial charge in [-0.25, -0.2) is 35.1 Å². The molecule has 2 aromatic heterocycles. The highest BCUT2D eigenvalue weighted by Gasteiger charge is 2.48. The molecule has 2 heterocycles. The minimum Gasteiger partial charge on any atom is -0.360 e. The number of thiophene rings is 1. The molecule has 0 spiro atoms. The quantitative estimate of drug-likeness (QED) is 0.131. The summed E-state index contributed by atoms with van der Waals surface area (Å²) in [4.78, 5) is 13.1. The lowest BCUT2D eigenvalue weighted by Crippen LogP contribution is -2.50. The van der Waals surface area contributed by atoms with Gasteiger partial charge in [-0.3, -0.25) is 14.2 Å². The van der Waals surface area contributed by atoms with E-state index in [1.54, 1.807) is 7.05 Å². The van der Waals surface area contributed by atoms with Crippen molar-refractivity contribution in [1.29, 1.82) is 0 Å². The van der Waals surface area contributed by atoms with Crippen LogP contribution in [0, 0.1) is 5.92 Å². The van der Waals surface area contributed by atoms with Crippen LogP contribution in [0.5, 0.6) is 0 Å². The van der Waals surface area contributed by atoms with Crippen molar-refractivity contribution in [3.05, 3.63) is 22.2 Å². The summed E-state index contributed by atoms with van der Waals surface area (Å²) in [5, 5.41) is 9.37. The van der Waals surface area contributed by atoms with Crippen LogP contribution in [-0.2, 0) is 34.7 Å². The molecule has 0 aromatic carbocycles. The molecule has 3 aliphatic rings. The average molecular weight is 615 g/mol. The van der Waals surface area contributed by atoms with Crippen LogP contribution in [0.25, 0.3) is 0 Å². The summed E-state index contributed by atoms with van der Waals surface area (Å²) in [6.07, 6.45) is -3.60. The number of amides is 1. The normalized spacial score (nSPS) is 24.3. The first-order valence-electron chi connectivity index (χ1n) is 12.3. The molecule has 2 saturated carbocycles. The number of hydrogen-bond acceptors (Lipinski definition) is 8. The van der Waals surface area contributed by atoms with E-state index in [1.165, 1.54) is 22.7 Å². The maximum absolute atomic E-state index is 13.4. The van der Waals surface area contributed by atoms with Gasteiger partial charge in [0.1, 0.15) is 27.6 Å². The van der Waals surface area contributed by atoms with E-state index in [0.717, 1.165) is 16.2 Å². The molecule has 1 amide bonds. The van der Waals surface area contributed by atoms with E-state index in [4.69, 9.17) is 0 Å². The summed E-state index contributed by atoms with van der Waals surface area (Å²) in [5.74, 6) is -3.63. The standard InChI is InChI=1S/C22H27F5N6O3S3/c1-33-17(6-15(30-33)19(24)25)28-9-37-31-10-2-3-16-13(4-10)18(21(38-16)29-20(34)12-5-14(12)23)39(35,36)32-11-7-22(26,27)8-11/h6,10-12,14,19,28,31-32H,2-5,7-9H2,1H3,(H,29,34)/t10-,12-,14-/m0/s1. The molecule has 5 rings (SSSR count). The highest BCUT2D eigenvalue weighted by atomic mass is 32.2. The predicted molar refractivity (Wildman–Crippen MR) is 137 cm³/mol. The molecule has 2 fully saturated rings. The highest BCUT2D eigenvalue weighted by Crippen LogP contribution is 2.44. The van der Waals surface area contributed by atoms with E-state index in [1.807, 2.05) is 0 Å². The average Bonchev–Trinajstić information content (AvgIpc) is 3.27. The van der Waals surface area contributed by atoms with Crippen molar-refractivity contribution >= 4 is 50.0 Å². The summed E-state index contributed by atoms with van der Waals surface area (Å²) in [7, 11) is -2.72. The number of alkyl halides is 5. The van der Waals surface area contributed by atoms with Crippen molar-refractivity contribution in [1.82, 2.24) is 19.2 Å². The van der Waals surface area contributed by atoms with Gasteiger partial charge in [0, 0.05) is 42.9 Å². The van der Waals surface area contributed by atoms with Gasteiger partial charge in [-0.15, -0.1) is 11.3 Å². The molecule has 0 unspecified atom stereocenters. The van der Waals surface area contributed by atoms with Gasteiger partial charge >= 0.3 is 0 Å². The van der Waals surface area contributed by atoms with E-state index in [9.17, 15) is 35.2 Å². The van der Waals surface area contributed by atoms with Crippen molar-refractivity contribution in [2.75, 3.05) is 16.5 Å². The first-order valence-corrected chi connectivity index (χ1v) is 15.5. The van der Waals surface area contributed by atoms with E-state index in [-0.39, 0.29) is 28.1 Å². The van der Waals surface area contributed by atoms with Crippen molar-refractivity contribution in [3.63, 3.8) is 0 Å². The monoisotopic (exact) mass is 614 g/mol. The Morgan fingerprint density at radius 3 is 2.64 bits per heavy atom. The van der Waals surface area contributed by atoms with Gasteiger partial charge in [0.2, 0.25) is 15.9 Å². The molecule has 17 heteroatoms. The second-order valence-corrected chi connectivity index (χ2v) is 13.6. The number of fused-ring (bicyclic) bond motifs is 1. The van der Waals surface area contributed by atoms with Gasteiger partial charge in [0.15, 0.2) is 0 Å². The third-order valence-electron chi connectivity index (χ3n) is 6.88. The van der Waals surface area contributed by atoms with Crippen molar-refractivity contribution in [2.45, 2.75) is 74.0 Å². The molecule has 0 radical (unpaired) electrons. The van der Waals surface area contributed by atoms with Crippen LogP contribution in [-0.4, -0.2) is 54.2 Å². The van der Waals surface area contributed by atoms with Crippen LogP contribution in [0.4, 0.5) is 32.8 Å². The zero-order valence-corrected chi connectivity index (χ0v) is 23.1. The van der Waals surface area contributed by atoms with Crippen LogP contribution in [0.3, 0.4) is 0 Å². The number of anilines is 2. The Kier molecular flexibility index (Phi) is 7.91. The molecule has 9 nitrogen and oxygen atoms in total. The SMILES string of the molecule is Cn1nc(C(F)F)cc1NCSN[C@H]1CCc2sc(NC(=O)[C@H]3C[C@@H]3F)c(S(=O)(=O)NC3CC(F)(F)C3)c2C1. The maximum atomic E-state index is 13.4. The zero-order chi connectivity index (χ0) is 28.1. The molecule has 4 N–H and O–H groups in total. The number of sulfonamides is 1. The lowest BCUT2D eigenvalue weighted by molar-refractivity contribution is -0.117. The van der Waals surface area contributed by atoms with Crippen molar-refractivity contribution in [3.8, 4) is 0 Å². The third-order valence-corrected chi connectivity index (χ3v) is 10.6. The minimum absolute atomic E-state index is 0.0729. The van der Waals surface area contributed by atoms with Gasteiger partial charge in [0.25, 0.3) is 12.3 Å². The van der Waals surface area contributed by atoms with Gasteiger partial charge < -0.3 is 10.6 Å². The highest BCUT2D eigenvalue weighted by molar-refractivity contribution is 7.97. The summed E-state index contributed by atoms with van der Waals surface area (Å²) in [6, 6.07) is 0.180. The number of hydrogen-bond donors (Lipinski definition) is 4. The summed E-state index contributed by atoms with van der Waals surface area (Å²) in [5.41, 5.74) is 0.154. The maximum Gasteiger partial charge on any atom is 0.282 e. The molecule has 0 aliphatic heterocycles. The van der Waals surface area contributed by atoms with E-state index >= 15 is 0 Å². The zero-order valence-electron chi connectivity index (χ0n) is 20.6. The Labute approximate surface area is 229 Å². The fourth-order valence-corrected chi connectivity index (χ4v) is 8.67. The fraction of sp³-hybridized carbons (Fsp3) is 0.636. The summed E-state index contributed by atoms with van der Waals surface area (Å²) >= 11 is 2.39. The number of aromatic nitrogens is 2. The Morgan fingerprint density at radius 1 is 1.31 bits per heavy atom. The molecule has 3 atom stereocenters. The first kappa shape index (κ1) is 28.6. The van der Waals surface area contributed by atoms with Crippen molar-refractivity contribution in [2.24, 2.45) is 13.0 Å². The smallest absolute Gasteiger partial charge is 0.282 e. The lowest BCUT2D eigenvalue weighted by Gasteiger charge is -2.35. The van der Waals surface area contributed by atoms with Gasteiger partial charge in [-0.05, 0) is 31.2 Å². The second-order valence-electron chi connectivity index (χ2n) is 9.99. The topological polar surface area (TPSA) is 117 Å². The Balaban J connectivity index is 1.27. The third kappa shape index (κ3) is 6.36. The lowest BCUT2D eigenvalue weighted by atomic mass is 9.89. The Morgan fingerprint density at radius 2 is 2.03 bits per heavy atom. The van der Waals surface area contributed by atoms with Crippen LogP contribution in [0.15, 0.2) is 11.0 Å². The number of nitrogens with zero attached hydrogens (tertiary/aromatic N) is 2. The largest absolute Gasteiger partial charge is 0.360 e. The second kappa shape index (κ2) is 10.8. The molecule has 39 heavy (non-hydrogen) atoms. The molecule has 2 aromatic rings. The molecular formula is C22H27F5N6O3S3. The number of aryl methyl sites for hydroxylation is 2. The van der Waals surface area contributed by atoms with Crippen LogP contribution < -0.4 is 20.1 Å². The van der Waals surface area contributed by atoms with Crippen LogP contribution >= 0.6 is 23.3 Å². The molecule has 0 bridgehead atoms. The first-order chi connectivity index (χ1) is 18.3. The van der Waals surface area contributed by atoms with Gasteiger partial charge in [-0.2, -0.15) is 5.10 Å². The molecular weight excluding hydrogens is 587 g/mol. The van der Waals surface area contributed by atoms with E-state index in [2.05, 4.69) is 25.2 Å². The Hall–Kier alpha value is -1.95. The molecule has 0 saturated heterocycles. The summed E-state index contributed by atoms with van der Waals surface area (Å²) < 4.78 is 99.5. The number of nitrogens with one attached hydrogen (secondary N) is 4.